The second kappa shape index (κ2) is 9.22. The van der Waals surface area contributed by atoms with Crippen LogP contribution in [0.5, 0.6) is 5.75 Å². The van der Waals surface area contributed by atoms with Gasteiger partial charge in [0.25, 0.3) is 5.91 Å². The van der Waals surface area contributed by atoms with Crippen LogP contribution in [0, 0.1) is 0 Å². The third-order valence-electron chi connectivity index (χ3n) is 2.67. The average molecular weight is 309 g/mol. The van der Waals surface area contributed by atoms with E-state index in [0.29, 0.717) is 11.3 Å². The number of urea groups is 1. The van der Waals surface area contributed by atoms with Crippen LogP contribution in [0.15, 0.2) is 24.3 Å². The fourth-order valence-electron chi connectivity index (χ4n) is 1.54. The van der Waals surface area contributed by atoms with Gasteiger partial charge in [0, 0.05) is 25.2 Å². The molecule has 22 heavy (non-hydrogen) atoms. The van der Waals surface area contributed by atoms with Crippen molar-refractivity contribution < 1.29 is 24.2 Å². The summed E-state index contributed by atoms with van der Waals surface area (Å²) in [5.74, 6) is -0.570. The van der Waals surface area contributed by atoms with E-state index in [0.717, 1.165) is 0 Å². The summed E-state index contributed by atoms with van der Waals surface area (Å²) in [6.45, 7) is 0.553. The molecule has 0 atom stereocenters. The number of hydrogen-bond acceptors (Lipinski definition) is 4. The number of ether oxygens (including phenoxy) is 1. The molecule has 0 aliphatic carbocycles. The normalized spacial score (nSPS) is 9.68. The van der Waals surface area contributed by atoms with Crippen LogP contribution in [0.4, 0.5) is 4.79 Å². The predicted octanol–water partition coefficient (Wildman–Crippen LogP) is 0.199. The van der Waals surface area contributed by atoms with Crippen LogP contribution in [-0.2, 0) is 4.79 Å². The first-order chi connectivity index (χ1) is 10.5. The lowest BCUT2D eigenvalue weighted by molar-refractivity contribution is -0.136. The van der Waals surface area contributed by atoms with E-state index in [-0.39, 0.29) is 32.0 Å². The number of rotatable bonds is 8. The van der Waals surface area contributed by atoms with Crippen molar-refractivity contribution in [2.24, 2.45) is 0 Å². The number of aliphatic carboxylic acids is 1. The number of nitrogens with one attached hydrogen (secondary N) is 3. The number of methoxy groups -OCH3 is 1. The number of benzene rings is 1. The van der Waals surface area contributed by atoms with Crippen LogP contribution in [0.25, 0.3) is 0 Å². The zero-order chi connectivity index (χ0) is 16.4. The number of carbonyl (C=O) groups is 3. The highest BCUT2D eigenvalue weighted by atomic mass is 16.5. The summed E-state index contributed by atoms with van der Waals surface area (Å²) >= 11 is 0. The number of carboxylic acids is 1. The molecule has 0 spiro atoms. The Morgan fingerprint density at radius 3 is 2.18 bits per heavy atom. The summed E-state index contributed by atoms with van der Waals surface area (Å²) in [6, 6.07) is 6.17. The Balaban J connectivity index is 2.19. The molecule has 1 aromatic rings. The van der Waals surface area contributed by atoms with E-state index in [1.807, 2.05) is 0 Å². The minimum Gasteiger partial charge on any atom is -0.497 e. The Kier molecular flexibility index (Phi) is 7.24. The van der Waals surface area contributed by atoms with Crippen molar-refractivity contribution in [3.63, 3.8) is 0 Å². The molecular weight excluding hydrogens is 290 g/mol. The molecule has 120 valence electrons. The van der Waals surface area contributed by atoms with Crippen LogP contribution in [-0.4, -0.2) is 49.8 Å². The van der Waals surface area contributed by atoms with Gasteiger partial charge in [-0.3, -0.25) is 9.59 Å². The summed E-state index contributed by atoms with van der Waals surface area (Å²) in [7, 11) is 1.54. The molecule has 0 fully saturated rings. The van der Waals surface area contributed by atoms with E-state index in [1.54, 1.807) is 31.4 Å². The Hall–Kier alpha value is -2.77. The highest BCUT2D eigenvalue weighted by Crippen LogP contribution is 2.10. The Labute approximate surface area is 127 Å². The van der Waals surface area contributed by atoms with E-state index >= 15 is 0 Å². The lowest BCUT2D eigenvalue weighted by Gasteiger charge is -2.08. The zero-order valence-electron chi connectivity index (χ0n) is 12.2. The molecule has 3 amide bonds. The van der Waals surface area contributed by atoms with Gasteiger partial charge < -0.3 is 25.8 Å². The van der Waals surface area contributed by atoms with E-state index in [2.05, 4.69) is 16.0 Å². The van der Waals surface area contributed by atoms with Crippen molar-refractivity contribution in [1.82, 2.24) is 16.0 Å². The van der Waals surface area contributed by atoms with Crippen molar-refractivity contribution in [3.05, 3.63) is 29.8 Å². The topological polar surface area (TPSA) is 117 Å². The lowest BCUT2D eigenvalue weighted by atomic mass is 10.2. The van der Waals surface area contributed by atoms with Gasteiger partial charge in [-0.2, -0.15) is 0 Å². The number of carboxylic acid groups (broad SMARTS) is 1. The SMILES string of the molecule is COc1ccc(C(=O)NCCNC(=O)NCCC(=O)O)cc1. The molecule has 0 aliphatic rings. The molecule has 0 aromatic heterocycles. The van der Waals surface area contributed by atoms with Crippen LogP contribution < -0.4 is 20.7 Å². The van der Waals surface area contributed by atoms with E-state index < -0.39 is 12.0 Å². The number of carbonyl (C=O) groups excluding carboxylic acids is 2. The molecule has 0 saturated heterocycles. The Morgan fingerprint density at radius 1 is 1.00 bits per heavy atom. The fraction of sp³-hybridized carbons (Fsp3) is 0.357. The quantitative estimate of drug-likeness (QED) is 0.512. The van der Waals surface area contributed by atoms with Gasteiger partial charge in [0.1, 0.15) is 5.75 Å². The second-order valence-corrected chi connectivity index (χ2v) is 4.31. The summed E-state index contributed by atoms with van der Waals surface area (Å²) in [4.78, 5) is 33.3. The standard InChI is InChI=1S/C14H19N3O5/c1-22-11-4-2-10(3-5-11)13(20)15-8-9-17-14(21)16-7-6-12(18)19/h2-5H,6-9H2,1H3,(H,15,20)(H,18,19)(H2,16,17,21). The summed E-state index contributed by atoms with van der Waals surface area (Å²) in [5.41, 5.74) is 0.492. The largest absolute Gasteiger partial charge is 0.497 e. The van der Waals surface area contributed by atoms with Crippen molar-refractivity contribution in [2.45, 2.75) is 6.42 Å². The third kappa shape index (κ3) is 6.60. The second-order valence-electron chi connectivity index (χ2n) is 4.31. The predicted molar refractivity (Wildman–Crippen MR) is 79.0 cm³/mol. The van der Waals surface area contributed by atoms with Crippen molar-refractivity contribution in [2.75, 3.05) is 26.7 Å². The van der Waals surface area contributed by atoms with Crippen LogP contribution >= 0.6 is 0 Å². The van der Waals surface area contributed by atoms with E-state index in [4.69, 9.17) is 9.84 Å². The molecule has 1 aromatic carbocycles. The first-order valence-electron chi connectivity index (χ1n) is 6.68. The number of amides is 3. The summed E-state index contributed by atoms with van der Waals surface area (Å²) in [5, 5.41) is 16.0. The molecule has 0 unspecified atom stereocenters. The molecule has 0 aliphatic heterocycles. The molecular formula is C14H19N3O5. The highest BCUT2D eigenvalue weighted by molar-refractivity contribution is 5.94. The highest BCUT2D eigenvalue weighted by Gasteiger charge is 2.05. The van der Waals surface area contributed by atoms with E-state index in [1.165, 1.54) is 0 Å². The van der Waals surface area contributed by atoms with Crippen LogP contribution in [0.1, 0.15) is 16.8 Å². The van der Waals surface area contributed by atoms with Gasteiger partial charge >= 0.3 is 12.0 Å². The monoisotopic (exact) mass is 309 g/mol. The first-order valence-corrected chi connectivity index (χ1v) is 6.68. The van der Waals surface area contributed by atoms with Gasteiger partial charge in [-0.15, -0.1) is 0 Å². The molecule has 1 rings (SSSR count). The summed E-state index contributed by atoms with van der Waals surface area (Å²) in [6.07, 6.45) is -0.137. The third-order valence-corrected chi connectivity index (χ3v) is 2.67. The molecule has 4 N–H and O–H groups in total. The summed E-state index contributed by atoms with van der Waals surface area (Å²) < 4.78 is 5.00. The maximum Gasteiger partial charge on any atom is 0.314 e. The van der Waals surface area contributed by atoms with Gasteiger partial charge in [0.2, 0.25) is 0 Å². The minimum atomic E-state index is -0.980. The molecule has 8 heteroatoms. The first kappa shape index (κ1) is 17.3. The van der Waals surface area contributed by atoms with Crippen molar-refractivity contribution in [3.8, 4) is 5.75 Å². The Bertz CT molecular complexity index is 516. The van der Waals surface area contributed by atoms with Gasteiger partial charge in [0.05, 0.1) is 13.5 Å². The lowest BCUT2D eigenvalue weighted by Crippen LogP contribution is -2.40. The van der Waals surface area contributed by atoms with Crippen molar-refractivity contribution in [1.29, 1.82) is 0 Å². The average Bonchev–Trinajstić information content (AvgIpc) is 2.51. The zero-order valence-corrected chi connectivity index (χ0v) is 12.2. The van der Waals surface area contributed by atoms with Gasteiger partial charge in [-0.1, -0.05) is 0 Å². The maximum absolute atomic E-state index is 11.8. The van der Waals surface area contributed by atoms with E-state index in [9.17, 15) is 14.4 Å². The molecule has 0 bridgehead atoms. The van der Waals surface area contributed by atoms with Gasteiger partial charge in [-0.05, 0) is 24.3 Å². The van der Waals surface area contributed by atoms with Crippen LogP contribution in [0.2, 0.25) is 0 Å². The molecule has 0 saturated carbocycles. The van der Waals surface area contributed by atoms with Gasteiger partial charge in [0.15, 0.2) is 0 Å². The van der Waals surface area contributed by atoms with Gasteiger partial charge in [-0.25, -0.2) is 4.79 Å². The number of hydrogen-bond donors (Lipinski definition) is 4. The minimum absolute atomic E-state index is 0.0549. The van der Waals surface area contributed by atoms with Crippen LogP contribution in [0.3, 0.4) is 0 Å². The molecule has 0 radical (unpaired) electrons. The fourth-order valence-corrected chi connectivity index (χ4v) is 1.54. The molecule has 8 nitrogen and oxygen atoms in total. The maximum atomic E-state index is 11.8. The smallest absolute Gasteiger partial charge is 0.314 e. The van der Waals surface area contributed by atoms with Crippen molar-refractivity contribution >= 4 is 17.9 Å². The Morgan fingerprint density at radius 2 is 1.59 bits per heavy atom. The molecule has 0 heterocycles.